The third kappa shape index (κ3) is 2.52. The van der Waals surface area contributed by atoms with E-state index in [2.05, 4.69) is 11.5 Å². The van der Waals surface area contributed by atoms with Gasteiger partial charge in [-0.15, -0.1) is 0 Å². The van der Waals surface area contributed by atoms with Crippen LogP contribution < -0.4 is 0 Å². The molecular weight excluding hydrogens is 142 g/mol. The summed E-state index contributed by atoms with van der Waals surface area (Å²) >= 11 is 0. The first-order chi connectivity index (χ1) is 5.34. The number of nitrogens with zero attached hydrogens (tertiary/aromatic N) is 1. The second-order valence-corrected chi connectivity index (χ2v) is 2.60. The van der Waals surface area contributed by atoms with E-state index < -0.39 is 0 Å². The zero-order valence-corrected chi connectivity index (χ0v) is 7.01. The Kier molecular flexibility index (Phi) is 3.39. The topological polar surface area (TPSA) is 21.7 Å². The summed E-state index contributed by atoms with van der Waals surface area (Å²) in [6, 6.07) is 0. The van der Waals surface area contributed by atoms with Crippen LogP contribution in [0.1, 0.15) is 0 Å². The van der Waals surface area contributed by atoms with Gasteiger partial charge in [0.25, 0.3) is 0 Å². The van der Waals surface area contributed by atoms with Crippen LogP contribution in [-0.4, -0.2) is 44.9 Å². The molecule has 0 aromatic carbocycles. The lowest BCUT2D eigenvalue weighted by Gasteiger charge is -2.29. The first-order valence-corrected chi connectivity index (χ1v) is 3.84. The maximum Gasteiger partial charge on any atom is 0.0854 e. The van der Waals surface area contributed by atoms with Crippen molar-refractivity contribution in [2.45, 2.75) is 0 Å². The summed E-state index contributed by atoms with van der Waals surface area (Å²) in [5.41, 5.74) is 1.05. The minimum atomic E-state index is 0.625. The van der Waals surface area contributed by atoms with Crippen LogP contribution in [0, 0.1) is 0 Å². The van der Waals surface area contributed by atoms with E-state index in [-0.39, 0.29) is 0 Å². The molecule has 1 aliphatic heterocycles. The standard InChI is InChI=1S/C8H15NO2/c1-8(7-10-2)9-3-5-11-6-4-9/h1,3-7H2,2H3. The van der Waals surface area contributed by atoms with Crippen LogP contribution in [0.15, 0.2) is 12.3 Å². The Morgan fingerprint density at radius 3 is 2.73 bits per heavy atom. The largest absolute Gasteiger partial charge is 0.379 e. The second kappa shape index (κ2) is 4.36. The summed E-state index contributed by atoms with van der Waals surface area (Å²) in [4.78, 5) is 2.20. The SMILES string of the molecule is C=C(COC)N1CCOCC1. The highest BCUT2D eigenvalue weighted by Gasteiger charge is 2.10. The first kappa shape index (κ1) is 8.56. The highest BCUT2D eigenvalue weighted by molar-refractivity contribution is 4.94. The average molecular weight is 157 g/mol. The molecule has 0 aromatic heterocycles. The van der Waals surface area contributed by atoms with Crippen molar-refractivity contribution in [3.63, 3.8) is 0 Å². The number of hydrogen-bond acceptors (Lipinski definition) is 3. The van der Waals surface area contributed by atoms with E-state index in [1.807, 2.05) is 0 Å². The molecule has 0 saturated carbocycles. The molecule has 1 rings (SSSR count). The quantitative estimate of drug-likeness (QED) is 0.594. The van der Waals surface area contributed by atoms with Gasteiger partial charge in [0.1, 0.15) is 0 Å². The zero-order valence-electron chi connectivity index (χ0n) is 7.01. The van der Waals surface area contributed by atoms with Gasteiger partial charge < -0.3 is 14.4 Å². The van der Waals surface area contributed by atoms with E-state index in [0.717, 1.165) is 32.0 Å². The normalized spacial score (nSPS) is 18.5. The first-order valence-electron chi connectivity index (χ1n) is 3.84. The molecule has 64 valence electrons. The second-order valence-electron chi connectivity index (χ2n) is 2.60. The van der Waals surface area contributed by atoms with E-state index in [0.29, 0.717) is 6.61 Å². The van der Waals surface area contributed by atoms with Gasteiger partial charge in [-0.3, -0.25) is 0 Å². The highest BCUT2D eigenvalue weighted by Crippen LogP contribution is 2.04. The van der Waals surface area contributed by atoms with Crippen molar-refractivity contribution in [2.24, 2.45) is 0 Å². The van der Waals surface area contributed by atoms with Gasteiger partial charge in [-0.05, 0) is 0 Å². The smallest absolute Gasteiger partial charge is 0.0854 e. The molecule has 0 spiro atoms. The molecule has 3 nitrogen and oxygen atoms in total. The Hall–Kier alpha value is -0.540. The molecule has 0 amide bonds. The Labute approximate surface area is 67.6 Å². The maximum atomic E-state index is 5.20. The summed E-state index contributed by atoms with van der Waals surface area (Å²) < 4.78 is 10.2. The monoisotopic (exact) mass is 157 g/mol. The van der Waals surface area contributed by atoms with Crippen molar-refractivity contribution in [3.8, 4) is 0 Å². The van der Waals surface area contributed by atoms with Crippen LogP contribution in [0.4, 0.5) is 0 Å². The number of morpholine rings is 1. The molecule has 0 aromatic rings. The van der Waals surface area contributed by atoms with Crippen LogP contribution in [0.5, 0.6) is 0 Å². The van der Waals surface area contributed by atoms with Gasteiger partial charge in [0.15, 0.2) is 0 Å². The summed E-state index contributed by atoms with van der Waals surface area (Å²) in [7, 11) is 1.69. The van der Waals surface area contributed by atoms with Gasteiger partial charge in [0, 0.05) is 25.9 Å². The Bertz CT molecular complexity index is 130. The molecule has 0 atom stereocenters. The molecular formula is C8H15NO2. The molecule has 0 N–H and O–H groups in total. The van der Waals surface area contributed by atoms with Crippen molar-refractivity contribution in [2.75, 3.05) is 40.0 Å². The third-order valence-corrected chi connectivity index (χ3v) is 1.77. The van der Waals surface area contributed by atoms with E-state index in [1.54, 1.807) is 7.11 Å². The minimum Gasteiger partial charge on any atom is -0.379 e. The van der Waals surface area contributed by atoms with Crippen molar-refractivity contribution >= 4 is 0 Å². The number of hydrogen-bond donors (Lipinski definition) is 0. The lowest BCUT2D eigenvalue weighted by atomic mass is 10.3. The van der Waals surface area contributed by atoms with E-state index in [4.69, 9.17) is 9.47 Å². The third-order valence-electron chi connectivity index (χ3n) is 1.77. The molecule has 1 heterocycles. The van der Waals surface area contributed by atoms with Gasteiger partial charge in [0.2, 0.25) is 0 Å². The fourth-order valence-electron chi connectivity index (χ4n) is 1.14. The van der Waals surface area contributed by atoms with Crippen molar-refractivity contribution in [1.29, 1.82) is 0 Å². The number of rotatable bonds is 3. The van der Waals surface area contributed by atoms with Crippen LogP contribution in [0.25, 0.3) is 0 Å². The molecule has 0 radical (unpaired) electrons. The molecule has 11 heavy (non-hydrogen) atoms. The van der Waals surface area contributed by atoms with Gasteiger partial charge in [-0.25, -0.2) is 0 Å². The number of ether oxygens (including phenoxy) is 2. The summed E-state index contributed by atoms with van der Waals surface area (Å²) in [6.45, 7) is 8.05. The molecule has 0 aliphatic carbocycles. The molecule has 1 fully saturated rings. The molecule has 3 heteroatoms. The summed E-state index contributed by atoms with van der Waals surface area (Å²) in [5.74, 6) is 0. The summed E-state index contributed by atoms with van der Waals surface area (Å²) in [5, 5.41) is 0. The van der Waals surface area contributed by atoms with E-state index in [1.165, 1.54) is 0 Å². The predicted octanol–water partition coefficient (Wildman–Crippen LogP) is 0.479. The van der Waals surface area contributed by atoms with Crippen molar-refractivity contribution in [1.82, 2.24) is 4.90 Å². The highest BCUT2D eigenvalue weighted by atomic mass is 16.5. The van der Waals surface area contributed by atoms with Gasteiger partial charge in [-0.2, -0.15) is 0 Å². The Morgan fingerprint density at radius 2 is 2.18 bits per heavy atom. The summed E-state index contributed by atoms with van der Waals surface area (Å²) in [6.07, 6.45) is 0. The van der Waals surface area contributed by atoms with Crippen LogP contribution >= 0.6 is 0 Å². The van der Waals surface area contributed by atoms with Gasteiger partial charge >= 0.3 is 0 Å². The fourth-order valence-corrected chi connectivity index (χ4v) is 1.14. The molecule has 0 bridgehead atoms. The van der Waals surface area contributed by atoms with E-state index >= 15 is 0 Å². The van der Waals surface area contributed by atoms with Crippen LogP contribution in [-0.2, 0) is 9.47 Å². The average Bonchev–Trinajstić information content (AvgIpc) is 2.07. The van der Waals surface area contributed by atoms with Crippen molar-refractivity contribution < 1.29 is 9.47 Å². The molecule has 1 aliphatic rings. The minimum absolute atomic E-state index is 0.625. The number of methoxy groups -OCH3 is 1. The van der Waals surface area contributed by atoms with E-state index in [9.17, 15) is 0 Å². The Balaban J connectivity index is 2.27. The van der Waals surface area contributed by atoms with Gasteiger partial charge in [0.05, 0.1) is 19.8 Å². The molecule has 1 saturated heterocycles. The zero-order chi connectivity index (χ0) is 8.10. The fraction of sp³-hybridized carbons (Fsp3) is 0.750. The lowest BCUT2D eigenvalue weighted by Crippen LogP contribution is -2.36. The lowest BCUT2D eigenvalue weighted by molar-refractivity contribution is 0.0459. The Morgan fingerprint density at radius 1 is 1.55 bits per heavy atom. The van der Waals surface area contributed by atoms with Crippen LogP contribution in [0.3, 0.4) is 0 Å². The van der Waals surface area contributed by atoms with Crippen molar-refractivity contribution in [3.05, 3.63) is 12.3 Å². The van der Waals surface area contributed by atoms with Crippen LogP contribution in [0.2, 0.25) is 0 Å². The van der Waals surface area contributed by atoms with Gasteiger partial charge in [-0.1, -0.05) is 6.58 Å². The molecule has 0 unspecified atom stereocenters. The predicted molar refractivity (Wildman–Crippen MR) is 43.4 cm³/mol. The maximum absolute atomic E-state index is 5.20.